The van der Waals surface area contributed by atoms with E-state index >= 15 is 0 Å². The van der Waals surface area contributed by atoms with E-state index in [1.54, 1.807) is 18.4 Å². The van der Waals surface area contributed by atoms with Gasteiger partial charge in [0.15, 0.2) is 11.5 Å². The lowest BCUT2D eigenvalue weighted by Crippen LogP contribution is -2.12. The first-order valence-electron chi connectivity index (χ1n) is 8.60. The number of nitrogens with one attached hydrogen (secondary N) is 1. The molecule has 0 fully saturated rings. The number of methoxy groups -OCH3 is 1. The highest BCUT2D eigenvalue weighted by Gasteiger charge is 2.18. The molecule has 0 spiro atoms. The number of aromatic nitrogens is 2. The molecule has 0 amide bonds. The summed E-state index contributed by atoms with van der Waals surface area (Å²) < 4.78 is 11.0. The Morgan fingerprint density at radius 3 is 2.37 bits per heavy atom. The number of hydrogen-bond acceptors (Lipinski definition) is 10. The van der Waals surface area contributed by atoms with Gasteiger partial charge in [-0.15, -0.1) is 0 Å². The highest BCUT2D eigenvalue weighted by molar-refractivity contribution is 5.66. The maximum atomic E-state index is 10.7. The Balaban J connectivity index is 1.60. The second-order valence-electron chi connectivity index (χ2n) is 5.97. The van der Waals surface area contributed by atoms with Crippen LogP contribution in [0.5, 0.6) is 5.88 Å². The van der Waals surface area contributed by atoms with E-state index in [0.29, 0.717) is 23.8 Å². The highest BCUT2D eigenvalue weighted by atomic mass is 16.6. The van der Waals surface area contributed by atoms with Gasteiger partial charge in [-0.2, -0.15) is 5.10 Å². The second kappa shape index (κ2) is 9.23. The van der Waals surface area contributed by atoms with Gasteiger partial charge in [0.25, 0.3) is 11.4 Å². The molecule has 0 aromatic carbocycles. The predicted octanol–water partition coefficient (Wildman–Crippen LogP) is 3.20. The molecule has 1 atom stereocenters. The van der Waals surface area contributed by atoms with Gasteiger partial charge >= 0.3 is 0 Å². The minimum atomic E-state index is -0.540. The summed E-state index contributed by atoms with van der Waals surface area (Å²) in [6, 6.07) is 5.49. The summed E-state index contributed by atoms with van der Waals surface area (Å²) in [6.07, 6.45) is 8.05. The SMILES string of the molecule is COC1=CC(C=NNc2ccc([N+](=O)[O-])cn2)CC=C1Oc1ccc([N+](=O)[O-])cn1. The number of nitro groups is 2. The third kappa shape index (κ3) is 5.13. The first-order chi connectivity index (χ1) is 14.5. The molecule has 1 aliphatic rings. The van der Waals surface area contributed by atoms with Crippen LogP contribution in [-0.4, -0.2) is 33.1 Å². The van der Waals surface area contributed by atoms with Crippen LogP contribution in [0.3, 0.4) is 0 Å². The Morgan fingerprint density at radius 2 is 1.80 bits per heavy atom. The largest absolute Gasteiger partial charge is 0.493 e. The van der Waals surface area contributed by atoms with Gasteiger partial charge in [0, 0.05) is 30.3 Å². The molecule has 1 unspecified atom stereocenters. The van der Waals surface area contributed by atoms with Crippen LogP contribution in [0.2, 0.25) is 0 Å². The molecule has 0 aliphatic heterocycles. The van der Waals surface area contributed by atoms with Gasteiger partial charge in [-0.05, 0) is 24.6 Å². The van der Waals surface area contributed by atoms with Gasteiger partial charge in [0.1, 0.15) is 18.2 Å². The standard InChI is InChI=1S/C18H16N6O6/c1-29-16-8-12(9-21-22-17-6-3-13(10-19-17)23(25)26)2-5-15(16)30-18-7-4-14(11-20-18)24(27)28/h3-12H,2H2,1H3,(H,19,22). The zero-order valence-electron chi connectivity index (χ0n) is 15.7. The van der Waals surface area contributed by atoms with Crippen molar-refractivity contribution in [1.82, 2.24) is 9.97 Å². The van der Waals surface area contributed by atoms with E-state index in [9.17, 15) is 20.2 Å². The van der Waals surface area contributed by atoms with Crippen LogP contribution in [0, 0.1) is 26.1 Å². The second-order valence-corrected chi connectivity index (χ2v) is 5.97. The molecular weight excluding hydrogens is 396 g/mol. The number of hydrogen-bond donors (Lipinski definition) is 1. The van der Waals surface area contributed by atoms with Crippen LogP contribution < -0.4 is 10.2 Å². The molecule has 1 aliphatic carbocycles. The molecule has 0 bridgehead atoms. The van der Waals surface area contributed by atoms with Crippen molar-refractivity contribution in [2.45, 2.75) is 6.42 Å². The van der Waals surface area contributed by atoms with E-state index in [2.05, 4.69) is 20.5 Å². The predicted molar refractivity (Wildman–Crippen MR) is 106 cm³/mol. The third-order valence-electron chi connectivity index (χ3n) is 3.95. The molecule has 12 heteroatoms. The number of hydrazone groups is 1. The van der Waals surface area contributed by atoms with Gasteiger partial charge in [0.2, 0.25) is 5.88 Å². The van der Waals surface area contributed by atoms with Crippen molar-refractivity contribution in [3.8, 4) is 5.88 Å². The lowest BCUT2D eigenvalue weighted by Gasteiger charge is -2.18. The van der Waals surface area contributed by atoms with Gasteiger partial charge in [0.05, 0.1) is 17.0 Å². The van der Waals surface area contributed by atoms with Crippen LogP contribution in [0.1, 0.15) is 6.42 Å². The fraction of sp³-hybridized carbons (Fsp3) is 0.167. The average molecular weight is 412 g/mol. The van der Waals surface area contributed by atoms with Crippen LogP contribution in [0.25, 0.3) is 0 Å². The normalized spacial score (nSPS) is 15.8. The van der Waals surface area contributed by atoms with E-state index in [4.69, 9.17) is 9.47 Å². The number of ether oxygens (including phenoxy) is 2. The summed E-state index contributed by atoms with van der Waals surface area (Å²) in [5, 5.41) is 25.4. The topological polar surface area (TPSA) is 155 Å². The molecule has 0 saturated carbocycles. The van der Waals surface area contributed by atoms with Crippen LogP contribution >= 0.6 is 0 Å². The lowest BCUT2D eigenvalue weighted by atomic mass is 10.0. The van der Waals surface area contributed by atoms with Gasteiger partial charge < -0.3 is 9.47 Å². The summed E-state index contributed by atoms with van der Waals surface area (Å²) in [4.78, 5) is 28.1. The summed E-state index contributed by atoms with van der Waals surface area (Å²) in [5.74, 6) is 1.38. The van der Waals surface area contributed by atoms with Crippen molar-refractivity contribution in [3.05, 3.63) is 80.6 Å². The van der Waals surface area contributed by atoms with Crippen molar-refractivity contribution in [2.75, 3.05) is 12.5 Å². The van der Waals surface area contributed by atoms with Crippen LogP contribution in [0.4, 0.5) is 17.2 Å². The molecule has 30 heavy (non-hydrogen) atoms. The zero-order chi connectivity index (χ0) is 21.5. The van der Waals surface area contributed by atoms with E-state index < -0.39 is 9.85 Å². The monoisotopic (exact) mass is 412 g/mol. The van der Waals surface area contributed by atoms with E-state index in [-0.39, 0.29) is 23.2 Å². The van der Waals surface area contributed by atoms with E-state index in [1.165, 1.54) is 31.4 Å². The van der Waals surface area contributed by atoms with Crippen molar-refractivity contribution < 1.29 is 19.3 Å². The Kier molecular flexibility index (Phi) is 6.27. The maximum Gasteiger partial charge on any atom is 0.287 e. The summed E-state index contributed by atoms with van der Waals surface area (Å²) in [7, 11) is 1.49. The average Bonchev–Trinajstić information content (AvgIpc) is 2.75. The molecule has 3 rings (SSSR count). The molecule has 0 saturated heterocycles. The van der Waals surface area contributed by atoms with Crippen LogP contribution in [-0.2, 0) is 4.74 Å². The first-order valence-corrected chi connectivity index (χ1v) is 8.60. The fourth-order valence-corrected chi connectivity index (χ4v) is 2.47. The minimum absolute atomic E-state index is 0.0948. The summed E-state index contributed by atoms with van der Waals surface area (Å²) in [5.41, 5.74) is 2.47. The quantitative estimate of drug-likeness (QED) is 0.391. The number of allylic oxidation sites excluding steroid dienone is 2. The maximum absolute atomic E-state index is 10.7. The molecular formula is C18H16N6O6. The van der Waals surface area contributed by atoms with E-state index in [1.807, 2.05) is 0 Å². The van der Waals surface area contributed by atoms with Crippen molar-refractivity contribution in [1.29, 1.82) is 0 Å². The third-order valence-corrected chi connectivity index (χ3v) is 3.95. The number of pyridine rings is 2. The highest BCUT2D eigenvalue weighted by Crippen LogP contribution is 2.26. The van der Waals surface area contributed by atoms with Crippen molar-refractivity contribution in [2.24, 2.45) is 11.0 Å². The molecule has 0 radical (unpaired) electrons. The Labute approximate surface area is 169 Å². The Hall–Kier alpha value is -4.35. The number of rotatable bonds is 8. The van der Waals surface area contributed by atoms with Crippen molar-refractivity contribution in [3.63, 3.8) is 0 Å². The molecule has 2 aromatic rings. The van der Waals surface area contributed by atoms with E-state index in [0.717, 1.165) is 12.4 Å². The summed E-state index contributed by atoms with van der Waals surface area (Å²) in [6.45, 7) is 0. The zero-order valence-corrected chi connectivity index (χ0v) is 15.7. The minimum Gasteiger partial charge on any atom is -0.493 e. The molecule has 2 aromatic heterocycles. The molecule has 1 N–H and O–H groups in total. The smallest absolute Gasteiger partial charge is 0.287 e. The van der Waals surface area contributed by atoms with Gasteiger partial charge in [-0.25, -0.2) is 9.97 Å². The van der Waals surface area contributed by atoms with Crippen LogP contribution in [0.15, 0.2) is 65.4 Å². The Bertz CT molecular complexity index is 1020. The first kappa shape index (κ1) is 20.4. The lowest BCUT2D eigenvalue weighted by molar-refractivity contribution is -0.385. The number of nitrogens with zero attached hydrogens (tertiary/aromatic N) is 5. The Morgan fingerprint density at radius 1 is 1.10 bits per heavy atom. The molecule has 12 nitrogen and oxygen atoms in total. The molecule has 154 valence electrons. The fourth-order valence-electron chi connectivity index (χ4n) is 2.47. The van der Waals surface area contributed by atoms with Crippen molar-refractivity contribution >= 4 is 23.4 Å². The van der Waals surface area contributed by atoms with Gasteiger partial charge in [-0.1, -0.05) is 0 Å². The van der Waals surface area contributed by atoms with Gasteiger partial charge in [-0.3, -0.25) is 25.7 Å². The number of anilines is 1. The molecule has 2 heterocycles. The summed E-state index contributed by atoms with van der Waals surface area (Å²) >= 11 is 0.